The van der Waals surface area contributed by atoms with Crippen molar-refractivity contribution in [2.24, 2.45) is 0 Å². The van der Waals surface area contributed by atoms with Crippen LogP contribution >= 0.6 is 11.3 Å². The first-order chi connectivity index (χ1) is 10.2. The highest BCUT2D eigenvalue weighted by atomic mass is 32.1. The Kier molecular flexibility index (Phi) is 5.35. The lowest BCUT2D eigenvalue weighted by Gasteiger charge is -2.04. The van der Waals surface area contributed by atoms with Gasteiger partial charge in [0.05, 0.1) is 24.8 Å². The quantitative estimate of drug-likeness (QED) is 0.770. The summed E-state index contributed by atoms with van der Waals surface area (Å²) in [5, 5.41) is 9.91. The normalized spacial score (nSPS) is 10.6. The van der Waals surface area contributed by atoms with E-state index < -0.39 is 0 Å². The maximum atomic E-state index is 8.94. The van der Waals surface area contributed by atoms with Gasteiger partial charge >= 0.3 is 0 Å². The molecule has 1 aromatic carbocycles. The number of thiazole rings is 1. The minimum Gasteiger partial charge on any atom is -0.494 e. The van der Waals surface area contributed by atoms with Gasteiger partial charge in [0.1, 0.15) is 10.8 Å². The van der Waals surface area contributed by atoms with Crippen LogP contribution in [0.1, 0.15) is 43.7 Å². The molecule has 0 aliphatic carbocycles. The van der Waals surface area contributed by atoms with E-state index in [1.54, 1.807) is 11.3 Å². The van der Waals surface area contributed by atoms with Crippen LogP contribution in [0.4, 0.5) is 0 Å². The van der Waals surface area contributed by atoms with Gasteiger partial charge in [0.25, 0.3) is 0 Å². The summed E-state index contributed by atoms with van der Waals surface area (Å²) < 4.78 is 5.59. The number of benzene rings is 1. The minimum atomic E-state index is 0.338. The van der Waals surface area contributed by atoms with Crippen LogP contribution in [0.3, 0.4) is 0 Å². The van der Waals surface area contributed by atoms with Gasteiger partial charge in [-0.15, -0.1) is 11.3 Å². The molecule has 1 aromatic heterocycles. The summed E-state index contributed by atoms with van der Waals surface area (Å²) in [6.07, 6.45) is 1.44. The molecule has 0 radical (unpaired) electrons. The molecule has 0 unspecified atom stereocenters. The second-order valence-electron chi connectivity index (χ2n) is 5.19. The molecule has 2 aromatic rings. The summed E-state index contributed by atoms with van der Waals surface area (Å²) in [4.78, 5) is 5.79. The molecule has 21 heavy (non-hydrogen) atoms. The average molecular weight is 300 g/mol. The second kappa shape index (κ2) is 7.24. The van der Waals surface area contributed by atoms with E-state index in [4.69, 9.17) is 15.0 Å². The fourth-order valence-corrected chi connectivity index (χ4v) is 3.20. The first-order valence-electron chi connectivity index (χ1n) is 7.25. The number of aromatic nitrogens is 1. The Bertz CT molecular complexity index is 623. The Balaban J connectivity index is 2.25. The fraction of sp³-hybridized carbons (Fsp3) is 0.412. The van der Waals surface area contributed by atoms with E-state index in [-0.39, 0.29) is 0 Å². The molecule has 0 bridgehead atoms. The van der Waals surface area contributed by atoms with Crippen molar-refractivity contribution in [2.45, 2.75) is 39.5 Å². The van der Waals surface area contributed by atoms with E-state index in [1.165, 1.54) is 0 Å². The second-order valence-corrected chi connectivity index (χ2v) is 6.27. The Morgan fingerprint density at radius 2 is 2.00 bits per heavy atom. The van der Waals surface area contributed by atoms with Gasteiger partial charge in [0.2, 0.25) is 0 Å². The van der Waals surface area contributed by atoms with Gasteiger partial charge < -0.3 is 4.74 Å². The fourth-order valence-electron chi connectivity index (χ4n) is 2.05. The maximum absolute atomic E-state index is 8.94. The van der Waals surface area contributed by atoms with Gasteiger partial charge in [0, 0.05) is 10.4 Å². The largest absolute Gasteiger partial charge is 0.494 e. The van der Waals surface area contributed by atoms with Crippen LogP contribution in [0.15, 0.2) is 24.3 Å². The highest BCUT2D eigenvalue weighted by Gasteiger charge is 2.15. The molecule has 0 N–H and O–H groups in total. The van der Waals surface area contributed by atoms with E-state index in [9.17, 15) is 0 Å². The molecule has 0 spiro atoms. The first-order valence-corrected chi connectivity index (χ1v) is 8.07. The zero-order valence-electron chi connectivity index (χ0n) is 12.7. The molecule has 0 aliphatic heterocycles. The first kappa shape index (κ1) is 15.5. The number of nitrogens with zero attached hydrogens (tertiary/aromatic N) is 2. The summed E-state index contributed by atoms with van der Waals surface area (Å²) in [6.45, 7) is 7.05. The zero-order valence-corrected chi connectivity index (χ0v) is 13.5. The van der Waals surface area contributed by atoms with Crippen LogP contribution in [0.2, 0.25) is 0 Å². The Hall–Kier alpha value is -1.86. The van der Waals surface area contributed by atoms with Crippen molar-refractivity contribution in [3.05, 3.63) is 34.8 Å². The smallest absolute Gasteiger partial charge is 0.123 e. The monoisotopic (exact) mass is 300 g/mol. The molecule has 110 valence electrons. The molecule has 3 nitrogen and oxygen atoms in total. The van der Waals surface area contributed by atoms with Crippen LogP contribution in [0.5, 0.6) is 5.75 Å². The lowest BCUT2D eigenvalue weighted by molar-refractivity contribution is 0.317. The third-order valence-corrected chi connectivity index (χ3v) is 4.21. The minimum absolute atomic E-state index is 0.338. The predicted octanol–water partition coefficient (Wildman–Crippen LogP) is 4.79. The summed E-state index contributed by atoms with van der Waals surface area (Å²) in [7, 11) is 0. The van der Waals surface area contributed by atoms with Crippen molar-refractivity contribution < 1.29 is 4.74 Å². The molecular weight excluding hydrogens is 280 g/mol. The van der Waals surface area contributed by atoms with Crippen LogP contribution in [0.25, 0.3) is 10.6 Å². The molecule has 2 rings (SSSR count). The molecular formula is C17H20N2OS. The standard InChI is InChI=1S/C17H20N2OS/c1-4-11-20-14-7-5-13(6-8-14)17-19-16(12(2)3)15(21-17)9-10-18/h5-8,12H,4,9,11H2,1-3H3. The summed E-state index contributed by atoms with van der Waals surface area (Å²) >= 11 is 1.61. The Morgan fingerprint density at radius 1 is 1.29 bits per heavy atom. The van der Waals surface area contributed by atoms with E-state index in [2.05, 4.69) is 26.8 Å². The van der Waals surface area contributed by atoms with Crippen molar-refractivity contribution in [3.63, 3.8) is 0 Å². The van der Waals surface area contributed by atoms with Gasteiger partial charge in [0.15, 0.2) is 0 Å². The zero-order chi connectivity index (χ0) is 15.2. The molecule has 0 aliphatic rings. The van der Waals surface area contributed by atoms with Crippen LogP contribution in [0, 0.1) is 11.3 Å². The Labute approximate surface area is 130 Å². The molecule has 4 heteroatoms. The van der Waals surface area contributed by atoms with E-state index in [1.807, 2.05) is 24.3 Å². The molecule has 0 saturated carbocycles. The molecule has 0 amide bonds. The lowest BCUT2D eigenvalue weighted by Crippen LogP contribution is -1.94. The number of hydrogen-bond donors (Lipinski definition) is 0. The topological polar surface area (TPSA) is 45.9 Å². The van der Waals surface area contributed by atoms with Crippen molar-refractivity contribution in [1.82, 2.24) is 4.98 Å². The van der Waals surface area contributed by atoms with Gasteiger partial charge in [-0.3, -0.25) is 0 Å². The van der Waals surface area contributed by atoms with Crippen molar-refractivity contribution in [2.75, 3.05) is 6.61 Å². The molecule has 1 heterocycles. The molecule has 0 atom stereocenters. The third kappa shape index (κ3) is 3.83. The Morgan fingerprint density at radius 3 is 2.57 bits per heavy atom. The van der Waals surface area contributed by atoms with Crippen molar-refractivity contribution >= 4 is 11.3 Å². The van der Waals surface area contributed by atoms with Crippen LogP contribution in [-0.2, 0) is 6.42 Å². The van der Waals surface area contributed by atoms with Gasteiger partial charge in [-0.05, 0) is 36.6 Å². The highest BCUT2D eigenvalue weighted by Crippen LogP contribution is 2.32. The molecule has 0 saturated heterocycles. The maximum Gasteiger partial charge on any atom is 0.123 e. The van der Waals surface area contributed by atoms with Crippen molar-refractivity contribution in [3.8, 4) is 22.4 Å². The predicted molar refractivity (Wildman–Crippen MR) is 86.7 cm³/mol. The van der Waals surface area contributed by atoms with E-state index in [0.29, 0.717) is 12.3 Å². The summed E-state index contributed by atoms with van der Waals surface area (Å²) in [5.41, 5.74) is 2.12. The average Bonchev–Trinajstić information content (AvgIpc) is 2.90. The SMILES string of the molecule is CCCOc1ccc(-c2nc(C(C)C)c(CC#N)s2)cc1. The van der Waals surface area contributed by atoms with Crippen molar-refractivity contribution in [1.29, 1.82) is 5.26 Å². The van der Waals surface area contributed by atoms with Gasteiger partial charge in [-0.1, -0.05) is 20.8 Å². The summed E-state index contributed by atoms with van der Waals surface area (Å²) in [5.74, 6) is 1.23. The van der Waals surface area contributed by atoms with Gasteiger partial charge in [-0.25, -0.2) is 4.98 Å². The molecule has 0 fully saturated rings. The van der Waals surface area contributed by atoms with E-state index in [0.717, 1.165) is 39.9 Å². The van der Waals surface area contributed by atoms with Gasteiger partial charge in [-0.2, -0.15) is 5.26 Å². The number of nitriles is 1. The lowest BCUT2D eigenvalue weighted by atomic mass is 10.1. The van der Waals surface area contributed by atoms with Crippen LogP contribution in [-0.4, -0.2) is 11.6 Å². The highest BCUT2D eigenvalue weighted by molar-refractivity contribution is 7.15. The number of rotatable bonds is 6. The van der Waals surface area contributed by atoms with E-state index >= 15 is 0 Å². The summed E-state index contributed by atoms with van der Waals surface area (Å²) in [6, 6.07) is 10.2. The third-order valence-electron chi connectivity index (χ3n) is 3.09. The van der Waals surface area contributed by atoms with Crippen LogP contribution < -0.4 is 4.74 Å². The number of hydrogen-bond acceptors (Lipinski definition) is 4. The number of ether oxygens (including phenoxy) is 1.